The molecule has 0 aliphatic rings. The summed E-state index contributed by atoms with van der Waals surface area (Å²) in [5, 5.41) is 0. The van der Waals surface area contributed by atoms with Crippen LogP contribution in [0.2, 0.25) is 0 Å². The zero-order valence-corrected chi connectivity index (χ0v) is 9.97. The Morgan fingerprint density at radius 2 is 2.11 bits per heavy atom. The van der Waals surface area contributed by atoms with E-state index < -0.39 is 11.8 Å². The molecule has 0 radical (unpaired) electrons. The lowest BCUT2D eigenvalue weighted by atomic mass is 10.2. The monoisotopic (exact) mass is 253 g/mol. The summed E-state index contributed by atoms with van der Waals surface area (Å²) in [5.74, 6) is -1.85. The van der Waals surface area contributed by atoms with Crippen molar-refractivity contribution in [1.82, 2.24) is 0 Å². The fraction of sp³-hybridized carbons (Fsp3) is 0.250. The molecule has 96 valence electrons. The van der Waals surface area contributed by atoms with Gasteiger partial charge in [0.2, 0.25) is 6.41 Å². The molecule has 0 aliphatic heterocycles. The Hall–Kier alpha value is -2.24. The lowest BCUT2D eigenvalue weighted by Gasteiger charge is -2.16. The molecule has 0 aromatic heterocycles. The number of rotatable bonds is 5. The summed E-state index contributed by atoms with van der Waals surface area (Å²) in [6, 6.07) is 3.57. The molecule has 0 heterocycles. The maximum absolute atomic E-state index is 13.6. The molecule has 0 N–H and O–H groups in total. The van der Waals surface area contributed by atoms with E-state index in [2.05, 4.69) is 4.74 Å². The van der Waals surface area contributed by atoms with Crippen LogP contribution in [0.4, 0.5) is 10.1 Å². The largest absolute Gasteiger partial charge is 0.465 e. The molecule has 0 aliphatic carbocycles. The van der Waals surface area contributed by atoms with Gasteiger partial charge in [-0.25, -0.2) is 9.18 Å². The molecule has 1 rings (SSSR count). The van der Waals surface area contributed by atoms with Crippen molar-refractivity contribution in [2.45, 2.75) is 6.92 Å². The van der Waals surface area contributed by atoms with Crippen LogP contribution in [-0.2, 0) is 14.3 Å². The topological polar surface area (TPSA) is 63.7 Å². The van der Waals surface area contributed by atoms with Crippen molar-refractivity contribution in [2.24, 2.45) is 0 Å². The van der Waals surface area contributed by atoms with E-state index in [1.165, 1.54) is 19.1 Å². The van der Waals surface area contributed by atoms with E-state index in [0.29, 0.717) is 6.41 Å². The molecule has 1 aromatic rings. The van der Waals surface area contributed by atoms with Crippen LogP contribution < -0.4 is 4.90 Å². The lowest BCUT2D eigenvalue weighted by molar-refractivity contribution is -0.117. The van der Waals surface area contributed by atoms with Crippen LogP contribution in [0.25, 0.3) is 0 Å². The third-order valence-electron chi connectivity index (χ3n) is 2.21. The number of anilines is 1. The van der Waals surface area contributed by atoms with Crippen LogP contribution in [0.3, 0.4) is 0 Å². The molecule has 0 saturated heterocycles. The van der Waals surface area contributed by atoms with E-state index in [-0.39, 0.29) is 23.6 Å². The summed E-state index contributed by atoms with van der Waals surface area (Å²) in [5.41, 5.74) is -0.0275. The van der Waals surface area contributed by atoms with Gasteiger partial charge in [0.1, 0.15) is 11.6 Å². The first-order chi connectivity index (χ1) is 8.49. The predicted octanol–water partition coefficient (Wildman–Crippen LogP) is 1.16. The van der Waals surface area contributed by atoms with Gasteiger partial charge in [-0.05, 0) is 25.1 Å². The summed E-state index contributed by atoms with van der Waals surface area (Å²) in [6.45, 7) is 1.16. The van der Waals surface area contributed by atoms with Crippen molar-refractivity contribution in [2.75, 3.05) is 18.6 Å². The molecular weight excluding hydrogens is 241 g/mol. The highest BCUT2D eigenvalue weighted by molar-refractivity contribution is 5.92. The molecule has 0 fully saturated rings. The molecule has 0 unspecified atom stereocenters. The number of methoxy groups -OCH3 is 1. The molecule has 1 amide bonds. The van der Waals surface area contributed by atoms with Crippen molar-refractivity contribution >= 4 is 23.9 Å². The minimum atomic E-state index is -0.810. The van der Waals surface area contributed by atoms with Gasteiger partial charge in [-0.3, -0.25) is 9.59 Å². The summed E-state index contributed by atoms with van der Waals surface area (Å²) in [6.07, 6.45) is 0.425. The molecule has 1 aromatic carbocycles. The molecule has 0 spiro atoms. The first kappa shape index (κ1) is 13.8. The molecule has 0 atom stereocenters. The highest BCUT2D eigenvalue weighted by Crippen LogP contribution is 2.18. The van der Waals surface area contributed by atoms with Gasteiger partial charge in [0.25, 0.3) is 0 Å². The van der Waals surface area contributed by atoms with Crippen molar-refractivity contribution in [3.05, 3.63) is 29.6 Å². The van der Waals surface area contributed by atoms with Crippen molar-refractivity contribution in [1.29, 1.82) is 0 Å². The van der Waals surface area contributed by atoms with Gasteiger partial charge in [-0.2, -0.15) is 0 Å². The fourth-order valence-corrected chi connectivity index (χ4v) is 1.39. The van der Waals surface area contributed by atoms with Crippen LogP contribution in [0.1, 0.15) is 17.3 Å². The zero-order valence-electron chi connectivity index (χ0n) is 9.97. The van der Waals surface area contributed by atoms with Crippen LogP contribution in [0.15, 0.2) is 18.2 Å². The highest BCUT2D eigenvalue weighted by atomic mass is 19.1. The Bertz CT molecular complexity index is 487. The van der Waals surface area contributed by atoms with Gasteiger partial charge in [0, 0.05) is 5.69 Å². The van der Waals surface area contributed by atoms with E-state index >= 15 is 0 Å². The SMILES string of the molecule is COC(=O)c1ccc(N(C=O)CC(C)=O)cc1F. The summed E-state index contributed by atoms with van der Waals surface area (Å²) in [4.78, 5) is 33.9. The molecule has 5 nitrogen and oxygen atoms in total. The Morgan fingerprint density at radius 1 is 1.44 bits per heavy atom. The minimum Gasteiger partial charge on any atom is -0.465 e. The van der Waals surface area contributed by atoms with Gasteiger partial charge >= 0.3 is 5.97 Å². The van der Waals surface area contributed by atoms with E-state index in [0.717, 1.165) is 18.1 Å². The third kappa shape index (κ3) is 3.13. The number of carbonyl (C=O) groups is 3. The number of nitrogens with zero attached hydrogens (tertiary/aromatic N) is 1. The quantitative estimate of drug-likeness (QED) is 0.583. The Kier molecular flexibility index (Phi) is 4.53. The second-order valence-corrected chi connectivity index (χ2v) is 3.59. The normalized spacial score (nSPS) is 9.72. The Labute approximate surface area is 103 Å². The Balaban J connectivity index is 3.05. The lowest BCUT2D eigenvalue weighted by Crippen LogP contribution is -2.27. The average molecular weight is 253 g/mol. The van der Waals surface area contributed by atoms with E-state index in [1.807, 2.05) is 0 Å². The summed E-state index contributed by atoms with van der Waals surface area (Å²) in [7, 11) is 1.14. The number of hydrogen-bond donors (Lipinski definition) is 0. The third-order valence-corrected chi connectivity index (χ3v) is 2.21. The van der Waals surface area contributed by atoms with Gasteiger partial charge < -0.3 is 9.64 Å². The number of amides is 1. The molecular formula is C12H12FNO4. The zero-order chi connectivity index (χ0) is 13.7. The smallest absolute Gasteiger partial charge is 0.340 e. The van der Waals surface area contributed by atoms with Gasteiger partial charge in [-0.15, -0.1) is 0 Å². The Morgan fingerprint density at radius 3 is 2.56 bits per heavy atom. The summed E-state index contributed by atoms with van der Waals surface area (Å²) < 4.78 is 18.0. The first-order valence-corrected chi connectivity index (χ1v) is 5.08. The number of hydrogen-bond acceptors (Lipinski definition) is 4. The number of Topliss-reactive ketones (excluding diaryl/α,β-unsaturated/α-hetero) is 1. The molecule has 6 heteroatoms. The van der Waals surface area contributed by atoms with Gasteiger partial charge in [0.15, 0.2) is 0 Å². The van der Waals surface area contributed by atoms with Crippen molar-refractivity contribution in [3.63, 3.8) is 0 Å². The maximum Gasteiger partial charge on any atom is 0.340 e. The van der Waals surface area contributed by atoms with Crippen LogP contribution in [0.5, 0.6) is 0 Å². The number of ketones is 1. The number of carbonyl (C=O) groups excluding carboxylic acids is 3. The number of benzene rings is 1. The van der Waals surface area contributed by atoms with Crippen LogP contribution >= 0.6 is 0 Å². The predicted molar refractivity (Wildman–Crippen MR) is 61.8 cm³/mol. The standard InChI is InChI=1S/C12H12FNO4/c1-8(16)6-14(7-15)9-3-4-10(11(13)5-9)12(17)18-2/h3-5,7H,6H2,1-2H3. The number of esters is 1. The van der Waals surface area contributed by atoms with E-state index in [1.54, 1.807) is 0 Å². The molecule has 0 saturated carbocycles. The summed E-state index contributed by atoms with van der Waals surface area (Å²) >= 11 is 0. The number of ether oxygens (including phenoxy) is 1. The van der Waals surface area contributed by atoms with E-state index in [4.69, 9.17) is 0 Å². The van der Waals surface area contributed by atoms with E-state index in [9.17, 15) is 18.8 Å². The minimum absolute atomic E-state index is 0.152. The fourth-order valence-electron chi connectivity index (χ4n) is 1.39. The second-order valence-electron chi connectivity index (χ2n) is 3.59. The highest BCUT2D eigenvalue weighted by Gasteiger charge is 2.15. The second kappa shape index (κ2) is 5.90. The maximum atomic E-state index is 13.6. The van der Waals surface area contributed by atoms with Gasteiger partial charge in [-0.1, -0.05) is 0 Å². The van der Waals surface area contributed by atoms with Crippen LogP contribution in [0, 0.1) is 5.82 Å². The van der Waals surface area contributed by atoms with Crippen molar-refractivity contribution < 1.29 is 23.5 Å². The molecule has 18 heavy (non-hydrogen) atoms. The van der Waals surface area contributed by atoms with Gasteiger partial charge in [0.05, 0.1) is 19.2 Å². The first-order valence-electron chi connectivity index (χ1n) is 5.08. The molecule has 0 bridgehead atoms. The average Bonchev–Trinajstić information content (AvgIpc) is 2.34. The number of halogens is 1. The van der Waals surface area contributed by atoms with Crippen LogP contribution in [-0.4, -0.2) is 31.8 Å². The van der Waals surface area contributed by atoms with Crippen molar-refractivity contribution in [3.8, 4) is 0 Å².